The molecule has 2 amide bonds. The van der Waals surface area contributed by atoms with Crippen LogP contribution in [0.4, 0.5) is 0 Å². The molecule has 1 aromatic heterocycles. The number of carbonyl (C=O) groups excluding carboxylic acids is 2. The molecule has 0 spiro atoms. The van der Waals surface area contributed by atoms with Gasteiger partial charge < -0.3 is 14.7 Å². The van der Waals surface area contributed by atoms with Gasteiger partial charge in [-0.2, -0.15) is 4.98 Å². The topological polar surface area (TPSA) is 88.3 Å². The first-order valence-electron chi connectivity index (χ1n) is 12.2. The van der Waals surface area contributed by atoms with E-state index in [2.05, 4.69) is 15.5 Å². The highest BCUT2D eigenvalue weighted by Crippen LogP contribution is 2.40. The minimum absolute atomic E-state index is 0.0177. The Bertz CT molecular complexity index is 1110. The summed E-state index contributed by atoms with van der Waals surface area (Å²) in [5, 5.41) is 7.36. The lowest BCUT2D eigenvalue weighted by Crippen LogP contribution is -2.37. The Morgan fingerprint density at radius 1 is 0.971 bits per heavy atom. The average molecular weight is 459 g/mol. The van der Waals surface area contributed by atoms with Crippen molar-refractivity contribution in [1.82, 2.24) is 20.4 Å². The van der Waals surface area contributed by atoms with E-state index in [1.165, 1.54) is 0 Å². The maximum absolute atomic E-state index is 13.1. The first-order valence-corrected chi connectivity index (χ1v) is 12.2. The number of aryl methyl sites for hydroxylation is 1. The Labute approximate surface area is 199 Å². The molecule has 1 N–H and O–H groups in total. The van der Waals surface area contributed by atoms with Crippen molar-refractivity contribution >= 4 is 11.8 Å². The number of amides is 2. The van der Waals surface area contributed by atoms with Gasteiger partial charge in [0.25, 0.3) is 0 Å². The third kappa shape index (κ3) is 5.03. The maximum atomic E-state index is 13.1. The molecule has 1 aliphatic heterocycles. The summed E-state index contributed by atoms with van der Waals surface area (Å²) in [6.07, 6.45) is 4.41. The number of benzene rings is 2. The van der Waals surface area contributed by atoms with Crippen LogP contribution < -0.4 is 5.32 Å². The monoisotopic (exact) mass is 458 g/mol. The number of rotatable bonds is 7. The van der Waals surface area contributed by atoms with Gasteiger partial charge in [0.1, 0.15) is 0 Å². The molecule has 5 rings (SSSR count). The molecule has 2 aliphatic rings. The molecule has 0 radical (unpaired) electrons. The van der Waals surface area contributed by atoms with Crippen molar-refractivity contribution in [3.8, 4) is 11.4 Å². The molecule has 3 atom stereocenters. The van der Waals surface area contributed by atoms with Gasteiger partial charge in [-0.1, -0.05) is 65.8 Å². The van der Waals surface area contributed by atoms with Crippen molar-refractivity contribution in [3.05, 3.63) is 72.1 Å². The van der Waals surface area contributed by atoms with Crippen LogP contribution in [0.15, 0.2) is 65.2 Å². The fourth-order valence-corrected chi connectivity index (χ4v) is 5.14. The molecular formula is C27H30N4O3. The van der Waals surface area contributed by atoms with Crippen molar-refractivity contribution in [2.24, 2.45) is 5.92 Å². The summed E-state index contributed by atoms with van der Waals surface area (Å²) in [4.78, 5) is 32.6. The van der Waals surface area contributed by atoms with Crippen LogP contribution in [0.1, 0.15) is 49.5 Å². The van der Waals surface area contributed by atoms with E-state index in [0.717, 1.165) is 37.1 Å². The number of nitrogens with zero attached hydrogens (tertiary/aromatic N) is 3. The van der Waals surface area contributed by atoms with E-state index in [1.807, 2.05) is 65.6 Å². The van der Waals surface area contributed by atoms with E-state index >= 15 is 0 Å². The third-order valence-corrected chi connectivity index (χ3v) is 6.95. The minimum atomic E-state index is -0.205. The summed E-state index contributed by atoms with van der Waals surface area (Å²) in [6.45, 7) is 1.65. The first-order chi connectivity index (χ1) is 16.7. The second-order valence-corrected chi connectivity index (χ2v) is 9.29. The van der Waals surface area contributed by atoms with Crippen molar-refractivity contribution < 1.29 is 14.1 Å². The van der Waals surface area contributed by atoms with Crippen LogP contribution in [0.3, 0.4) is 0 Å². The zero-order valence-electron chi connectivity index (χ0n) is 19.2. The molecule has 2 aromatic carbocycles. The third-order valence-electron chi connectivity index (χ3n) is 6.95. The van der Waals surface area contributed by atoms with Crippen LogP contribution in [0, 0.1) is 5.92 Å². The lowest BCUT2D eigenvalue weighted by molar-refractivity contribution is -0.134. The van der Waals surface area contributed by atoms with Crippen molar-refractivity contribution in [1.29, 1.82) is 0 Å². The number of hydrogen-bond acceptors (Lipinski definition) is 5. The van der Waals surface area contributed by atoms with Crippen LogP contribution in [-0.2, 0) is 16.0 Å². The maximum Gasteiger partial charge on any atom is 0.232 e. The Hall–Kier alpha value is -3.48. The molecule has 2 fully saturated rings. The van der Waals surface area contributed by atoms with Gasteiger partial charge >= 0.3 is 0 Å². The number of hydrogen-bond donors (Lipinski definition) is 1. The number of carbonyl (C=O) groups is 2. The summed E-state index contributed by atoms with van der Waals surface area (Å²) in [5.74, 6) is 0.863. The van der Waals surface area contributed by atoms with E-state index in [1.54, 1.807) is 0 Å². The highest BCUT2D eigenvalue weighted by Gasteiger charge is 2.43. The van der Waals surface area contributed by atoms with Gasteiger partial charge in [-0.25, -0.2) is 0 Å². The van der Waals surface area contributed by atoms with E-state index in [0.29, 0.717) is 37.4 Å². The second-order valence-electron chi connectivity index (χ2n) is 9.29. The van der Waals surface area contributed by atoms with Crippen LogP contribution in [0.25, 0.3) is 11.4 Å². The zero-order valence-corrected chi connectivity index (χ0v) is 19.2. The number of aromatic nitrogens is 2. The molecule has 3 aromatic rings. The minimum Gasteiger partial charge on any atom is -0.353 e. The second kappa shape index (κ2) is 10.2. The predicted molar refractivity (Wildman–Crippen MR) is 128 cm³/mol. The van der Waals surface area contributed by atoms with Gasteiger partial charge in [0.2, 0.25) is 23.5 Å². The lowest BCUT2D eigenvalue weighted by atomic mass is 10.0. The molecule has 34 heavy (non-hydrogen) atoms. The van der Waals surface area contributed by atoms with Crippen LogP contribution in [0.2, 0.25) is 0 Å². The summed E-state index contributed by atoms with van der Waals surface area (Å²) in [6, 6.07) is 19.5. The molecular weight excluding hydrogens is 428 g/mol. The van der Waals surface area contributed by atoms with Crippen molar-refractivity contribution in [2.75, 3.05) is 13.1 Å². The van der Waals surface area contributed by atoms with Gasteiger partial charge in [-0.3, -0.25) is 9.59 Å². The summed E-state index contributed by atoms with van der Waals surface area (Å²) < 4.78 is 5.66. The SMILES string of the molecule is O=C(CCc1ccccc1)N[C@H]1C[C@H](C(=O)N2CCCC2)C[C@H]1c1nc(-c2ccccc2)no1. The summed E-state index contributed by atoms with van der Waals surface area (Å²) in [7, 11) is 0. The molecule has 1 saturated heterocycles. The molecule has 2 heterocycles. The standard InChI is InChI=1S/C27H30N4O3/c32-24(14-13-19-9-3-1-4-10-19)28-23-18-21(27(33)31-15-7-8-16-31)17-22(23)26-29-25(30-34-26)20-11-5-2-6-12-20/h1-6,9-12,21-23H,7-8,13-18H2,(H,28,32)/t21-,22-,23+/m1/s1. The van der Waals surface area contributed by atoms with E-state index in [-0.39, 0.29) is 29.7 Å². The largest absolute Gasteiger partial charge is 0.353 e. The van der Waals surface area contributed by atoms with Crippen LogP contribution in [-0.4, -0.2) is 46.0 Å². The van der Waals surface area contributed by atoms with E-state index in [9.17, 15) is 9.59 Å². The molecule has 7 heteroatoms. The van der Waals surface area contributed by atoms with Crippen molar-refractivity contribution in [3.63, 3.8) is 0 Å². The Morgan fingerprint density at radius 2 is 1.68 bits per heavy atom. The molecule has 1 saturated carbocycles. The summed E-state index contributed by atoms with van der Waals surface area (Å²) >= 11 is 0. The van der Waals surface area contributed by atoms with Gasteiger partial charge in [0, 0.05) is 37.0 Å². The van der Waals surface area contributed by atoms with Crippen LogP contribution in [0.5, 0.6) is 0 Å². The van der Waals surface area contributed by atoms with Gasteiger partial charge in [-0.05, 0) is 37.7 Å². The lowest BCUT2D eigenvalue weighted by Gasteiger charge is -2.20. The Balaban J connectivity index is 1.31. The van der Waals surface area contributed by atoms with Gasteiger partial charge in [0.15, 0.2) is 0 Å². The number of likely N-dealkylation sites (tertiary alicyclic amines) is 1. The normalized spacial score (nSPS) is 22.1. The molecule has 0 unspecified atom stereocenters. The average Bonchev–Trinajstić information content (AvgIpc) is 3.65. The molecule has 1 aliphatic carbocycles. The fraction of sp³-hybridized carbons (Fsp3) is 0.407. The van der Waals surface area contributed by atoms with Gasteiger partial charge in [-0.15, -0.1) is 0 Å². The first kappa shape index (κ1) is 22.3. The summed E-state index contributed by atoms with van der Waals surface area (Å²) in [5.41, 5.74) is 2.01. The van der Waals surface area contributed by atoms with Gasteiger partial charge in [0.05, 0.1) is 5.92 Å². The molecule has 0 bridgehead atoms. The molecule has 7 nitrogen and oxygen atoms in total. The fourth-order valence-electron chi connectivity index (χ4n) is 5.14. The van der Waals surface area contributed by atoms with Crippen LogP contribution >= 0.6 is 0 Å². The quantitative estimate of drug-likeness (QED) is 0.579. The highest BCUT2D eigenvalue weighted by molar-refractivity contribution is 5.80. The van der Waals surface area contributed by atoms with E-state index < -0.39 is 0 Å². The predicted octanol–water partition coefficient (Wildman–Crippen LogP) is 3.97. The number of nitrogens with one attached hydrogen (secondary N) is 1. The van der Waals surface area contributed by atoms with Crippen molar-refractivity contribution in [2.45, 2.75) is 50.5 Å². The Morgan fingerprint density at radius 3 is 2.41 bits per heavy atom. The highest BCUT2D eigenvalue weighted by atomic mass is 16.5. The smallest absolute Gasteiger partial charge is 0.232 e. The van der Waals surface area contributed by atoms with E-state index in [4.69, 9.17) is 4.52 Å². The zero-order chi connectivity index (χ0) is 23.3. The Kier molecular flexibility index (Phi) is 6.70. The molecule has 176 valence electrons.